The minimum atomic E-state index is -1.19. The number of hydrogen-bond acceptors (Lipinski definition) is 3. The highest BCUT2D eigenvalue weighted by Crippen LogP contribution is 2.22. The number of unbranched alkanes of at least 4 members (excludes halogenated alkanes) is 6. The lowest BCUT2D eigenvalue weighted by Crippen LogP contribution is -2.22. The molecule has 0 aliphatic heterocycles. The first kappa shape index (κ1) is 23.5. The highest BCUT2D eigenvalue weighted by atomic mass is 16.5. The fourth-order valence-corrected chi connectivity index (χ4v) is 2.62. The third-order valence-corrected chi connectivity index (χ3v) is 4.33. The van der Waals surface area contributed by atoms with Gasteiger partial charge >= 0.3 is 0 Å². The van der Waals surface area contributed by atoms with Gasteiger partial charge in [-0.3, -0.25) is 0 Å². The Morgan fingerprint density at radius 1 is 0.857 bits per heavy atom. The van der Waals surface area contributed by atoms with E-state index in [0.717, 1.165) is 18.8 Å². The Morgan fingerprint density at radius 2 is 1.36 bits per heavy atom. The van der Waals surface area contributed by atoms with Gasteiger partial charge in [-0.2, -0.15) is 0 Å². The van der Waals surface area contributed by atoms with E-state index in [1.807, 2.05) is 6.07 Å². The predicted molar refractivity (Wildman–Crippen MR) is 115 cm³/mol. The Balaban J connectivity index is 0.000000568. The summed E-state index contributed by atoms with van der Waals surface area (Å²) in [6.07, 6.45) is 9.25. The highest BCUT2D eigenvalue weighted by Gasteiger charge is 1.98. The Hall–Kier alpha value is -2.55. The average molecular weight is 382 g/mol. The van der Waals surface area contributed by atoms with E-state index in [9.17, 15) is 9.90 Å². The van der Waals surface area contributed by atoms with Crippen molar-refractivity contribution in [1.82, 2.24) is 0 Å². The summed E-state index contributed by atoms with van der Waals surface area (Å²) >= 11 is 0. The van der Waals surface area contributed by atoms with Crippen molar-refractivity contribution in [3.8, 4) is 16.9 Å². The summed E-state index contributed by atoms with van der Waals surface area (Å²) in [5, 5.41) is 9.49. The van der Waals surface area contributed by atoms with E-state index in [-0.39, 0.29) is 5.57 Å². The van der Waals surface area contributed by atoms with Crippen LogP contribution in [-0.2, 0) is 4.79 Å². The summed E-state index contributed by atoms with van der Waals surface area (Å²) in [4.78, 5) is 9.49. The first-order valence-corrected chi connectivity index (χ1v) is 10.2. The zero-order valence-corrected chi connectivity index (χ0v) is 17.3. The first-order valence-electron chi connectivity index (χ1n) is 10.2. The van der Waals surface area contributed by atoms with Crippen LogP contribution in [0, 0.1) is 0 Å². The van der Waals surface area contributed by atoms with Crippen LogP contribution in [0.4, 0.5) is 0 Å². The van der Waals surface area contributed by atoms with E-state index in [2.05, 4.69) is 62.0 Å². The van der Waals surface area contributed by atoms with Gasteiger partial charge in [0, 0.05) is 0 Å². The minimum Gasteiger partial charge on any atom is -0.545 e. The number of carboxylic acid groups (broad SMARTS) is 1. The third-order valence-electron chi connectivity index (χ3n) is 4.33. The van der Waals surface area contributed by atoms with E-state index in [4.69, 9.17) is 4.74 Å². The van der Waals surface area contributed by atoms with Crippen LogP contribution in [0.5, 0.6) is 5.75 Å². The monoisotopic (exact) mass is 381 g/mol. The van der Waals surface area contributed by atoms with Gasteiger partial charge in [0.2, 0.25) is 0 Å². The Morgan fingerprint density at radius 3 is 1.89 bits per heavy atom. The number of aliphatic carboxylic acids is 1. The molecule has 0 aliphatic carbocycles. The molecule has 0 radical (unpaired) electrons. The lowest BCUT2D eigenvalue weighted by Gasteiger charge is -2.07. The van der Waals surface area contributed by atoms with Crippen molar-refractivity contribution in [2.24, 2.45) is 0 Å². The minimum absolute atomic E-state index is 0.0648. The summed E-state index contributed by atoms with van der Waals surface area (Å²) in [5.41, 5.74) is 2.56. The van der Waals surface area contributed by atoms with Gasteiger partial charge in [0.05, 0.1) is 12.6 Å². The molecular weight excluding hydrogens is 348 g/mol. The van der Waals surface area contributed by atoms with Crippen molar-refractivity contribution in [3.63, 3.8) is 0 Å². The van der Waals surface area contributed by atoms with Crippen molar-refractivity contribution >= 4 is 5.97 Å². The second-order valence-electron chi connectivity index (χ2n) is 6.93. The zero-order valence-electron chi connectivity index (χ0n) is 17.3. The molecule has 3 nitrogen and oxygen atoms in total. The topological polar surface area (TPSA) is 49.4 Å². The fourth-order valence-electron chi connectivity index (χ4n) is 2.62. The lowest BCUT2D eigenvalue weighted by atomic mass is 10.1. The molecule has 0 N–H and O–H groups in total. The molecule has 28 heavy (non-hydrogen) atoms. The quantitative estimate of drug-likeness (QED) is 0.365. The van der Waals surface area contributed by atoms with E-state index in [1.54, 1.807) is 0 Å². The Labute approximate surface area is 170 Å². The second-order valence-corrected chi connectivity index (χ2v) is 6.93. The molecule has 3 heteroatoms. The summed E-state index contributed by atoms with van der Waals surface area (Å²) in [5.74, 6) is -0.208. The number of benzene rings is 2. The van der Waals surface area contributed by atoms with Crippen LogP contribution in [-0.4, -0.2) is 12.6 Å². The number of carboxylic acids is 1. The van der Waals surface area contributed by atoms with Crippen LogP contribution in [0.3, 0.4) is 0 Å². The lowest BCUT2D eigenvalue weighted by molar-refractivity contribution is -0.299. The van der Waals surface area contributed by atoms with Gasteiger partial charge in [0.1, 0.15) is 5.75 Å². The van der Waals surface area contributed by atoms with Gasteiger partial charge < -0.3 is 14.6 Å². The normalized spacial score (nSPS) is 9.93. The zero-order chi connectivity index (χ0) is 20.6. The van der Waals surface area contributed by atoms with Crippen LogP contribution in [0.1, 0.15) is 58.8 Å². The maximum absolute atomic E-state index is 9.49. The molecule has 2 aromatic carbocycles. The molecule has 0 amide bonds. The van der Waals surface area contributed by atoms with E-state index >= 15 is 0 Å². The Bertz CT molecular complexity index is 663. The SMILES string of the molecule is C=C(C)C(=O)[O-].CCCCCCCCCOc1ccc(-c2ccccc2)cc1. The van der Waals surface area contributed by atoms with E-state index in [1.165, 1.54) is 56.6 Å². The maximum Gasteiger partial charge on any atom is 0.119 e. The fraction of sp³-hybridized carbons (Fsp3) is 0.400. The smallest absolute Gasteiger partial charge is 0.119 e. The average Bonchev–Trinajstić information content (AvgIpc) is 2.71. The third kappa shape index (κ3) is 10.6. The number of rotatable bonds is 11. The second kappa shape index (κ2) is 14.5. The van der Waals surface area contributed by atoms with E-state index < -0.39 is 5.97 Å². The van der Waals surface area contributed by atoms with Crippen molar-refractivity contribution in [2.75, 3.05) is 6.61 Å². The number of carbonyl (C=O) groups excluding carboxylic acids is 1. The largest absolute Gasteiger partial charge is 0.545 e. The van der Waals surface area contributed by atoms with Crippen LogP contribution in [0.2, 0.25) is 0 Å². The van der Waals surface area contributed by atoms with Gasteiger partial charge in [-0.15, -0.1) is 0 Å². The molecule has 0 saturated heterocycles. The molecule has 0 spiro atoms. The number of carbonyl (C=O) groups is 1. The van der Waals surface area contributed by atoms with Gasteiger partial charge in [-0.25, -0.2) is 0 Å². The predicted octanol–water partition coefficient (Wildman–Crippen LogP) is 5.80. The van der Waals surface area contributed by atoms with Gasteiger partial charge in [0.25, 0.3) is 0 Å². The molecule has 0 unspecified atom stereocenters. The van der Waals surface area contributed by atoms with E-state index in [0.29, 0.717) is 0 Å². The first-order chi connectivity index (χ1) is 13.5. The van der Waals surface area contributed by atoms with Gasteiger partial charge in [-0.1, -0.05) is 94.5 Å². The highest BCUT2D eigenvalue weighted by molar-refractivity contribution is 5.82. The van der Waals surface area contributed by atoms with Crippen LogP contribution in [0.15, 0.2) is 66.7 Å². The summed E-state index contributed by atoms with van der Waals surface area (Å²) in [7, 11) is 0. The van der Waals surface area contributed by atoms with Crippen molar-refractivity contribution < 1.29 is 14.6 Å². The molecule has 0 heterocycles. The molecular formula is C25H33O3-. The summed E-state index contributed by atoms with van der Waals surface area (Å²) in [6, 6.07) is 18.9. The summed E-state index contributed by atoms with van der Waals surface area (Å²) in [6.45, 7) is 7.57. The molecule has 0 aliphatic rings. The van der Waals surface area contributed by atoms with Crippen LogP contribution >= 0.6 is 0 Å². The molecule has 0 aromatic heterocycles. The molecule has 152 valence electrons. The molecule has 2 aromatic rings. The van der Waals surface area contributed by atoms with Gasteiger partial charge in [0.15, 0.2) is 0 Å². The summed E-state index contributed by atoms with van der Waals surface area (Å²) < 4.78 is 5.82. The number of ether oxygens (including phenoxy) is 1. The van der Waals surface area contributed by atoms with Gasteiger partial charge in [-0.05, 0) is 42.2 Å². The van der Waals surface area contributed by atoms with Crippen molar-refractivity contribution in [1.29, 1.82) is 0 Å². The van der Waals surface area contributed by atoms with Crippen LogP contribution < -0.4 is 9.84 Å². The van der Waals surface area contributed by atoms with Crippen molar-refractivity contribution in [2.45, 2.75) is 58.8 Å². The van der Waals surface area contributed by atoms with Crippen LogP contribution in [0.25, 0.3) is 11.1 Å². The number of hydrogen-bond donors (Lipinski definition) is 0. The molecule has 0 atom stereocenters. The standard InChI is InChI=1S/C21H28O.C4H6O2/c1-2-3-4-5-6-7-11-18-22-21-16-14-20(15-17-21)19-12-9-8-10-13-19;1-3(2)4(5)6/h8-10,12-17H,2-7,11,18H2,1H3;1H2,2H3,(H,5,6)/p-1. The molecule has 2 rings (SSSR count). The molecule has 0 bridgehead atoms. The Kier molecular flexibility index (Phi) is 12.2. The van der Waals surface area contributed by atoms with Crippen molar-refractivity contribution in [3.05, 3.63) is 66.7 Å². The molecule has 0 fully saturated rings. The maximum atomic E-state index is 9.49. The molecule has 0 saturated carbocycles.